The average molecular weight is 225 g/mol. The van der Waals surface area contributed by atoms with Gasteiger partial charge in [-0.1, -0.05) is 42.5 Å². The second-order valence-corrected chi connectivity index (χ2v) is 4.06. The molecule has 0 saturated carbocycles. The third-order valence-corrected chi connectivity index (χ3v) is 2.34. The highest BCUT2D eigenvalue weighted by molar-refractivity contribution is 7.82. The number of benzene rings is 1. The molecule has 1 atom stereocenters. The van der Waals surface area contributed by atoms with Crippen molar-refractivity contribution in [1.29, 1.82) is 0 Å². The van der Waals surface area contributed by atoms with Gasteiger partial charge in [0, 0.05) is 12.0 Å². The van der Waals surface area contributed by atoms with Crippen LogP contribution in [0.25, 0.3) is 0 Å². The molecule has 0 aliphatic heterocycles. The largest absolute Gasteiger partial charge is 0.393 e. The topological polar surface area (TPSA) is 43.1 Å². The third-order valence-electron chi connectivity index (χ3n) is 1.76. The highest BCUT2D eigenvalue weighted by Gasteiger charge is 2.16. The minimum atomic E-state index is -0.435. The van der Waals surface area contributed by atoms with Gasteiger partial charge in [0.25, 0.3) is 0 Å². The fourth-order valence-electron chi connectivity index (χ4n) is 1.08. The Labute approximate surface area is 93.9 Å². The van der Waals surface area contributed by atoms with E-state index in [0.717, 1.165) is 0 Å². The molecule has 1 unspecified atom stereocenters. The summed E-state index contributed by atoms with van der Waals surface area (Å²) in [6, 6.07) is 9.00. The second kappa shape index (κ2) is 5.12. The minimum Gasteiger partial charge on any atom is -0.393 e. The van der Waals surface area contributed by atoms with E-state index in [4.69, 9.17) is 18.0 Å². The quantitative estimate of drug-likeness (QED) is 0.467. The van der Waals surface area contributed by atoms with E-state index in [1.165, 1.54) is 0 Å². The van der Waals surface area contributed by atoms with Gasteiger partial charge in [-0.2, -0.15) is 12.6 Å². The molecule has 0 heterocycles. The van der Waals surface area contributed by atoms with Crippen LogP contribution in [-0.4, -0.2) is 16.0 Å². The fourth-order valence-corrected chi connectivity index (χ4v) is 1.71. The molecule has 14 heavy (non-hydrogen) atoms. The van der Waals surface area contributed by atoms with Crippen LogP contribution in [0.15, 0.2) is 30.3 Å². The molecule has 74 valence electrons. The lowest BCUT2D eigenvalue weighted by molar-refractivity contribution is 0.0991. The second-order valence-electron chi connectivity index (χ2n) is 2.92. The van der Waals surface area contributed by atoms with E-state index in [9.17, 15) is 4.79 Å². The molecule has 0 aliphatic rings. The van der Waals surface area contributed by atoms with Crippen molar-refractivity contribution in [3.05, 3.63) is 35.9 Å². The molecule has 0 spiro atoms. The molecule has 2 N–H and O–H groups in total. The Morgan fingerprint density at radius 1 is 1.43 bits per heavy atom. The summed E-state index contributed by atoms with van der Waals surface area (Å²) >= 11 is 8.88. The number of thiocarbonyl (C=S) groups is 1. The van der Waals surface area contributed by atoms with Gasteiger partial charge in [0.15, 0.2) is 5.78 Å². The first kappa shape index (κ1) is 11.2. The molecule has 0 fully saturated rings. The van der Waals surface area contributed by atoms with Crippen LogP contribution in [0, 0.1) is 0 Å². The van der Waals surface area contributed by atoms with Crippen molar-refractivity contribution < 1.29 is 4.79 Å². The molecule has 1 rings (SSSR count). The number of carbonyl (C=O) groups excluding carboxylic acids is 1. The Morgan fingerprint density at radius 3 is 2.50 bits per heavy atom. The molecule has 1 aromatic carbocycles. The van der Waals surface area contributed by atoms with Gasteiger partial charge in [0.2, 0.25) is 0 Å². The molecule has 0 radical (unpaired) electrons. The Bertz CT molecular complexity index is 337. The number of carbonyl (C=O) groups is 1. The normalized spacial score (nSPS) is 12.1. The highest BCUT2D eigenvalue weighted by atomic mass is 32.1. The van der Waals surface area contributed by atoms with Gasteiger partial charge in [-0.3, -0.25) is 4.79 Å². The van der Waals surface area contributed by atoms with Crippen molar-refractivity contribution in [2.75, 3.05) is 0 Å². The monoisotopic (exact) mass is 225 g/mol. The van der Waals surface area contributed by atoms with E-state index >= 15 is 0 Å². The summed E-state index contributed by atoms with van der Waals surface area (Å²) in [7, 11) is 0. The zero-order valence-electron chi connectivity index (χ0n) is 7.51. The summed E-state index contributed by atoms with van der Waals surface area (Å²) in [5.41, 5.74) is 5.98. The third kappa shape index (κ3) is 3.12. The van der Waals surface area contributed by atoms with Gasteiger partial charge in [0.05, 0.1) is 10.2 Å². The van der Waals surface area contributed by atoms with Gasteiger partial charge in [-0.25, -0.2) is 0 Å². The molecule has 4 heteroatoms. The van der Waals surface area contributed by atoms with E-state index in [1.807, 2.05) is 18.2 Å². The summed E-state index contributed by atoms with van der Waals surface area (Å²) < 4.78 is 0. The fraction of sp³-hybridized carbons (Fsp3) is 0.200. The van der Waals surface area contributed by atoms with Crippen LogP contribution in [0.3, 0.4) is 0 Å². The average Bonchev–Trinajstić information content (AvgIpc) is 2.17. The molecule has 1 aromatic rings. The number of rotatable bonds is 4. The van der Waals surface area contributed by atoms with Gasteiger partial charge < -0.3 is 5.73 Å². The first-order chi connectivity index (χ1) is 6.61. The number of hydrogen-bond donors (Lipinski definition) is 2. The van der Waals surface area contributed by atoms with E-state index in [0.29, 0.717) is 17.0 Å². The Kier molecular flexibility index (Phi) is 4.10. The first-order valence-electron chi connectivity index (χ1n) is 4.17. The Balaban J connectivity index is 2.71. The van der Waals surface area contributed by atoms with Crippen LogP contribution in [0.1, 0.15) is 16.8 Å². The number of hydrogen-bond acceptors (Lipinski definition) is 3. The van der Waals surface area contributed by atoms with Crippen molar-refractivity contribution >= 4 is 35.6 Å². The molecule has 0 aliphatic carbocycles. The summed E-state index contributed by atoms with van der Waals surface area (Å²) in [4.78, 5) is 12.0. The van der Waals surface area contributed by atoms with Gasteiger partial charge >= 0.3 is 0 Å². The maximum Gasteiger partial charge on any atom is 0.175 e. The van der Waals surface area contributed by atoms with Crippen molar-refractivity contribution in [2.45, 2.75) is 11.7 Å². The number of ketones is 1. The Hall–Kier alpha value is -0.870. The van der Waals surface area contributed by atoms with Crippen molar-refractivity contribution in [1.82, 2.24) is 0 Å². The van der Waals surface area contributed by atoms with Crippen LogP contribution in [0.5, 0.6) is 0 Å². The molecular weight excluding hydrogens is 214 g/mol. The first-order valence-corrected chi connectivity index (χ1v) is 5.09. The Morgan fingerprint density at radius 2 is 2.00 bits per heavy atom. The van der Waals surface area contributed by atoms with Gasteiger partial charge in [-0.05, 0) is 0 Å². The lowest BCUT2D eigenvalue weighted by atomic mass is 10.1. The number of nitrogens with two attached hydrogens (primary N) is 1. The molecule has 2 nitrogen and oxygen atoms in total. The van der Waals surface area contributed by atoms with Gasteiger partial charge in [0.1, 0.15) is 0 Å². The van der Waals surface area contributed by atoms with Crippen LogP contribution >= 0.6 is 24.8 Å². The van der Waals surface area contributed by atoms with E-state index in [2.05, 4.69) is 12.6 Å². The molecule has 0 saturated heterocycles. The zero-order chi connectivity index (χ0) is 10.6. The molecule has 0 aromatic heterocycles. The zero-order valence-corrected chi connectivity index (χ0v) is 9.22. The lowest BCUT2D eigenvalue weighted by Gasteiger charge is -2.07. The van der Waals surface area contributed by atoms with E-state index in [-0.39, 0.29) is 5.78 Å². The van der Waals surface area contributed by atoms with Crippen molar-refractivity contribution in [3.63, 3.8) is 0 Å². The van der Waals surface area contributed by atoms with E-state index < -0.39 is 5.25 Å². The smallest absolute Gasteiger partial charge is 0.175 e. The SMILES string of the molecule is NC(=S)CC(S)C(=O)c1ccccc1. The van der Waals surface area contributed by atoms with Crippen LogP contribution < -0.4 is 5.73 Å². The summed E-state index contributed by atoms with van der Waals surface area (Å²) in [6.07, 6.45) is 0.339. The highest BCUT2D eigenvalue weighted by Crippen LogP contribution is 2.10. The predicted octanol–water partition coefficient (Wildman–Crippen LogP) is 1.84. The van der Waals surface area contributed by atoms with Crippen molar-refractivity contribution in [2.24, 2.45) is 5.73 Å². The molecule has 0 amide bonds. The van der Waals surface area contributed by atoms with Crippen molar-refractivity contribution in [3.8, 4) is 0 Å². The summed E-state index contributed by atoms with van der Waals surface area (Å²) in [5, 5.41) is -0.435. The van der Waals surface area contributed by atoms with Crippen LogP contribution in [0.2, 0.25) is 0 Å². The molecule has 0 bridgehead atoms. The number of thiol groups is 1. The van der Waals surface area contributed by atoms with Gasteiger partial charge in [-0.15, -0.1) is 0 Å². The van der Waals surface area contributed by atoms with E-state index in [1.54, 1.807) is 12.1 Å². The van der Waals surface area contributed by atoms with Crippen LogP contribution in [0.4, 0.5) is 0 Å². The predicted molar refractivity (Wildman–Crippen MR) is 64.9 cm³/mol. The maximum absolute atomic E-state index is 11.7. The summed E-state index contributed by atoms with van der Waals surface area (Å²) in [5.74, 6) is -0.0401. The summed E-state index contributed by atoms with van der Waals surface area (Å²) in [6.45, 7) is 0. The van der Waals surface area contributed by atoms with Crippen LogP contribution in [-0.2, 0) is 0 Å². The lowest BCUT2D eigenvalue weighted by Crippen LogP contribution is -2.22. The minimum absolute atomic E-state index is 0.0401. The standard InChI is InChI=1S/C10H11NOS2/c11-9(14)6-8(13)10(12)7-4-2-1-3-5-7/h1-5,8,13H,6H2,(H2,11,14). The maximum atomic E-state index is 11.7. The number of Topliss-reactive ketones (excluding diaryl/α,β-unsaturated/α-hetero) is 1. The molecular formula is C10H11NOS2.